The van der Waals surface area contributed by atoms with E-state index in [-0.39, 0.29) is 0 Å². The van der Waals surface area contributed by atoms with Crippen LogP contribution < -0.4 is 10.9 Å². The van der Waals surface area contributed by atoms with Crippen LogP contribution in [0, 0.1) is 0 Å². The Morgan fingerprint density at radius 1 is 0.511 bits per heavy atom. The van der Waals surface area contributed by atoms with Crippen LogP contribution in [0.15, 0.2) is 60.7 Å². The van der Waals surface area contributed by atoms with Crippen molar-refractivity contribution in [1.82, 2.24) is 0 Å². The number of hydrogen-bond acceptors (Lipinski definition) is 4. The molecule has 2 aromatic rings. The Bertz CT molecular complexity index is 1310. The predicted octanol–water partition coefficient (Wildman–Crippen LogP) is 9.60. The van der Waals surface area contributed by atoms with Crippen LogP contribution in [0.4, 0.5) is 0 Å². The zero-order valence-corrected chi connectivity index (χ0v) is 31.1. The monoisotopic (exact) mass is 638 g/mol. The van der Waals surface area contributed by atoms with Crippen molar-refractivity contribution < 1.29 is 18.6 Å². The number of fused-ring (bicyclic) bond motifs is 3. The number of benzene rings is 2. The normalized spacial score (nSPS) is 21.7. The van der Waals surface area contributed by atoms with Gasteiger partial charge in [0.2, 0.25) is 0 Å². The second-order valence-electron chi connectivity index (χ2n) is 16.2. The highest BCUT2D eigenvalue weighted by Crippen LogP contribution is 2.51. The molecule has 2 heterocycles. The smallest absolute Gasteiger partial charge is 0.399 e. The van der Waals surface area contributed by atoms with Gasteiger partial charge >= 0.3 is 14.2 Å². The summed E-state index contributed by atoms with van der Waals surface area (Å²) >= 11 is 0. The molecule has 3 aliphatic rings. The van der Waals surface area contributed by atoms with Crippen molar-refractivity contribution in [3.63, 3.8) is 0 Å². The molecule has 0 radical (unpaired) electrons. The van der Waals surface area contributed by atoms with Gasteiger partial charge in [-0.3, -0.25) is 0 Å². The molecule has 5 rings (SSSR count). The van der Waals surface area contributed by atoms with E-state index < -0.39 is 42.1 Å². The highest BCUT2D eigenvalue weighted by atomic mass is 16.7. The second-order valence-corrected chi connectivity index (χ2v) is 16.2. The van der Waals surface area contributed by atoms with Crippen LogP contribution in [-0.4, -0.2) is 36.6 Å². The summed E-state index contributed by atoms with van der Waals surface area (Å²) in [7, 11) is -0.828. The van der Waals surface area contributed by atoms with E-state index >= 15 is 0 Å². The first-order valence-corrected chi connectivity index (χ1v) is 18.5. The molecule has 2 saturated heterocycles. The van der Waals surface area contributed by atoms with Gasteiger partial charge in [0.05, 0.1) is 27.8 Å². The van der Waals surface area contributed by atoms with Crippen molar-refractivity contribution in [3.05, 3.63) is 71.8 Å². The summed E-state index contributed by atoms with van der Waals surface area (Å²) in [5, 5.41) is 0. The van der Waals surface area contributed by atoms with E-state index in [2.05, 4.69) is 130 Å². The van der Waals surface area contributed by atoms with Crippen molar-refractivity contribution in [2.75, 3.05) is 0 Å². The van der Waals surface area contributed by atoms with Crippen LogP contribution in [0.2, 0.25) is 0 Å². The second kappa shape index (κ2) is 14.0. The molecular weight excluding hydrogens is 578 g/mol. The maximum Gasteiger partial charge on any atom is 0.494 e. The van der Waals surface area contributed by atoms with Gasteiger partial charge in [-0.15, -0.1) is 0 Å². The lowest BCUT2D eigenvalue weighted by atomic mass is 9.71. The highest BCUT2D eigenvalue weighted by molar-refractivity contribution is 6.62. The summed E-state index contributed by atoms with van der Waals surface area (Å²) in [6.45, 7) is 21.6. The first kappa shape index (κ1) is 36.2. The Balaban J connectivity index is 1.61. The van der Waals surface area contributed by atoms with Crippen LogP contribution in [0.25, 0.3) is 11.1 Å². The van der Waals surface area contributed by atoms with E-state index in [1.165, 1.54) is 73.6 Å². The number of hydrogen-bond donors (Lipinski definition) is 0. The van der Waals surface area contributed by atoms with Gasteiger partial charge in [-0.05, 0) is 114 Å². The molecule has 0 amide bonds. The number of allylic oxidation sites excluding steroid dienone is 4. The van der Waals surface area contributed by atoms with Crippen LogP contribution in [0.1, 0.15) is 145 Å². The van der Waals surface area contributed by atoms with Crippen LogP contribution in [-0.2, 0) is 24.0 Å². The summed E-state index contributed by atoms with van der Waals surface area (Å²) in [6.07, 6.45) is 22.0. The third-order valence-corrected chi connectivity index (χ3v) is 11.5. The zero-order valence-electron chi connectivity index (χ0n) is 31.1. The Kier molecular flexibility index (Phi) is 10.8. The molecule has 2 aliphatic heterocycles. The third-order valence-electron chi connectivity index (χ3n) is 11.5. The number of unbranched alkanes of at least 4 members (excludes halogenated alkanes) is 8. The summed E-state index contributed by atoms with van der Waals surface area (Å²) in [5.74, 6) is 0. The molecule has 47 heavy (non-hydrogen) atoms. The SMILES string of the molecule is CCCCCCC=CC1(C=CCCCCCC)c2cc(B3OC(C)(C)C(C)(C)O3)ccc2-c2ccc(B3OC(C)(C)C(C)(C)O3)cc21. The first-order valence-electron chi connectivity index (χ1n) is 18.5. The first-order chi connectivity index (χ1) is 22.2. The van der Waals surface area contributed by atoms with E-state index in [0.29, 0.717) is 0 Å². The summed E-state index contributed by atoms with van der Waals surface area (Å²) < 4.78 is 26.2. The summed E-state index contributed by atoms with van der Waals surface area (Å²) in [5.41, 5.74) is 5.25. The maximum atomic E-state index is 6.56. The van der Waals surface area contributed by atoms with E-state index in [1.54, 1.807) is 0 Å². The highest BCUT2D eigenvalue weighted by Gasteiger charge is 2.54. The molecule has 0 atom stereocenters. The van der Waals surface area contributed by atoms with E-state index in [4.69, 9.17) is 18.6 Å². The minimum absolute atomic E-state index is 0.398. The van der Waals surface area contributed by atoms with E-state index in [9.17, 15) is 0 Å². The molecule has 4 nitrogen and oxygen atoms in total. The Morgan fingerprint density at radius 3 is 1.21 bits per heavy atom. The van der Waals surface area contributed by atoms with Crippen LogP contribution in [0.3, 0.4) is 0 Å². The molecule has 0 saturated carbocycles. The molecule has 6 heteroatoms. The third kappa shape index (κ3) is 7.14. The number of rotatable bonds is 14. The van der Waals surface area contributed by atoms with Crippen LogP contribution in [0.5, 0.6) is 0 Å². The summed E-state index contributed by atoms with van der Waals surface area (Å²) in [6, 6.07) is 13.7. The van der Waals surface area contributed by atoms with E-state index in [1.807, 2.05) is 0 Å². The molecule has 254 valence electrons. The quantitative estimate of drug-likeness (QED) is 0.117. The van der Waals surface area contributed by atoms with Crippen molar-refractivity contribution in [3.8, 4) is 11.1 Å². The predicted molar refractivity (Wildman–Crippen MR) is 200 cm³/mol. The average molecular weight is 639 g/mol. The largest absolute Gasteiger partial charge is 0.494 e. The van der Waals surface area contributed by atoms with Gasteiger partial charge in [-0.2, -0.15) is 0 Å². The van der Waals surface area contributed by atoms with Gasteiger partial charge in [-0.25, -0.2) is 0 Å². The molecule has 1 aliphatic carbocycles. The van der Waals surface area contributed by atoms with Gasteiger partial charge < -0.3 is 18.6 Å². The van der Waals surface area contributed by atoms with Crippen molar-refractivity contribution >= 4 is 25.2 Å². The standard InChI is InChI=1S/C41H60B2O4/c1-11-13-15-17-19-21-27-41(28-22-20-18-16-14-12-2)35-29-31(42-44-37(3,4)38(5,6)45-42)23-25-33(35)34-26-24-32(30-36(34)41)43-46-39(7,8)40(9,10)47-43/h21-30H,11-20H2,1-10H3. The lowest BCUT2D eigenvalue weighted by Gasteiger charge is -2.32. The minimum Gasteiger partial charge on any atom is -0.399 e. The van der Waals surface area contributed by atoms with Gasteiger partial charge in [0, 0.05) is 0 Å². The minimum atomic E-state index is -0.417. The van der Waals surface area contributed by atoms with Crippen molar-refractivity contribution in [1.29, 1.82) is 0 Å². The van der Waals surface area contributed by atoms with Gasteiger partial charge in [-0.1, -0.05) is 113 Å². The molecule has 0 N–H and O–H groups in total. The van der Waals surface area contributed by atoms with Crippen molar-refractivity contribution in [2.24, 2.45) is 0 Å². The lowest BCUT2D eigenvalue weighted by molar-refractivity contribution is 0.00578. The molecule has 0 unspecified atom stereocenters. The lowest BCUT2D eigenvalue weighted by Crippen LogP contribution is -2.41. The molecule has 0 aromatic heterocycles. The van der Waals surface area contributed by atoms with Gasteiger partial charge in [0.1, 0.15) is 0 Å². The summed E-state index contributed by atoms with van der Waals surface area (Å²) in [4.78, 5) is 0. The van der Waals surface area contributed by atoms with E-state index in [0.717, 1.165) is 23.8 Å². The molecular formula is C41H60B2O4. The average Bonchev–Trinajstić information content (AvgIpc) is 3.50. The van der Waals surface area contributed by atoms with Crippen LogP contribution >= 0.6 is 0 Å². The molecule has 0 spiro atoms. The molecule has 0 bridgehead atoms. The van der Waals surface area contributed by atoms with Gasteiger partial charge in [0.15, 0.2) is 0 Å². The van der Waals surface area contributed by atoms with Gasteiger partial charge in [0.25, 0.3) is 0 Å². The topological polar surface area (TPSA) is 36.9 Å². The fourth-order valence-electron chi connectivity index (χ4n) is 7.01. The maximum absolute atomic E-state index is 6.56. The molecule has 2 fully saturated rings. The Morgan fingerprint density at radius 2 is 0.872 bits per heavy atom. The van der Waals surface area contributed by atoms with Crippen molar-refractivity contribution in [2.45, 2.75) is 161 Å². The fraction of sp³-hybridized carbons (Fsp3) is 0.610. The zero-order chi connectivity index (χ0) is 34.1. The Labute approximate surface area is 287 Å². The molecule has 2 aromatic carbocycles. The fourth-order valence-corrected chi connectivity index (χ4v) is 7.01. The Hall–Kier alpha value is -2.11.